The summed E-state index contributed by atoms with van der Waals surface area (Å²) in [6, 6.07) is 5.15. The zero-order valence-corrected chi connectivity index (χ0v) is 16.8. The molecule has 0 aliphatic carbocycles. The SMILES string of the molecule is CC/C=C\C/C=C\C/C=C\CCCCCCCC(=O)c1ccc(N)c(N)c1. The monoisotopic (exact) mass is 368 g/mol. The maximum absolute atomic E-state index is 12.1. The fourth-order valence-corrected chi connectivity index (χ4v) is 2.80. The molecule has 0 spiro atoms. The number of carbonyl (C=O) groups is 1. The van der Waals surface area contributed by atoms with Crippen molar-refractivity contribution < 1.29 is 4.79 Å². The van der Waals surface area contributed by atoms with Gasteiger partial charge in [0.25, 0.3) is 0 Å². The Kier molecular flexibility index (Phi) is 12.5. The van der Waals surface area contributed by atoms with E-state index in [1.54, 1.807) is 18.2 Å². The van der Waals surface area contributed by atoms with E-state index >= 15 is 0 Å². The van der Waals surface area contributed by atoms with E-state index in [0.29, 0.717) is 23.4 Å². The second-order valence-corrected chi connectivity index (χ2v) is 6.87. The lowest BCUT2D eigenvalue weighted by molar-refractivity contribution is 0.0979. The van der Waals surface area contributed by atoms with Gasteiger partial charge in [0.15, 0.2) is 5.78 Å². The highest BCUT2D eigenvalue weighted by molar-refractivity contribution is 5.97. The molecule has 1 aromatic carbocycles. The zero-order valence-electron chi connectivity index (χ0n) is 16.8. The van der Waals surface area contributed by atoms with Gasteiger partial charge >= 0.3 is 0 Å². The summed E-state index contributed by atoms with van der Waals surface area (Å²) in [5.41, 5.74) is 13.1. The van der Waals surface area contributed by atoms with Crippen molar-refractivity contribution in [2.24, 2.45) is 0 Å². The van der Waals surface area contributed by atoms with Crippen LogP contribution in [0.15, 0.2) is 54.7 Å². The van der Waals surface area contributed by atoms with Crippen LogP contribution in [-0.2, 0) is 0 Å². The zero-order chi connectivity index (χ0) is 19.7. The lowest BCUT2D eigenvalue weighted by atomic mass is 10.0. The van der Waals surface area contributed by atoms with Crippen LogP contribution in [0.1, 0.15) is 81.5 Å². The van der Waals surface area contributed by atoms with Crippen LogP contribution in [0.4, 0.5) is 11.4 Å². The Morgan fingerprint density at radius 2 is 1.44 bits per heavy atom. The van der Waals surface area contributed by atoms with Crippen LogP contribution < -0.4 is 11.5 Å². The molecule has 1 rings (SSSR count). The highest BCUT2D eigenvalue weighted by Crippen LogP contribution is 2.18. The van der Waals surface area contributed by atoms with Crippen LogP contribution in [0.2, 0.25) is 0 Å². The molecule has 0 saturated heterocycles. The summed E-state index contributed by atoms with van der Waals surface area (Å²) < 4.78 is 0. The smallest absolute Gasteiger partial charge is 0.162 e. The molecule has 0 saturated carbocycles. The normalized spacial score (nSPS) is 11.9. The topological polar surface area (TPSA) is 69.1 Å². The average molecular weight is 369 g/mol. The molecule has 0 fully saturated rings. The number of nitrogens with two attached hydrogens (primary N) is 2. The van der Waals surface area contributed by atoms with Crippen molar-refractivity contribution in [3.8, 4) is 0 Å². The van der Waals surface area contributed by atoms with Crippen molar-refractivity contribution in [3.63, 3.8) is 0 Å². The van der Waals surface area contributed by atoms with E-state index in [0.717, 1.165) is 38.5 Å². The number of anilines is 2. The van der Waals surface area contributed by atoms with Gasteiger partial charge in [-0.05, 0) is 56.7 Å². The molecule has 27 heavy (non-hydrogen) atoms. The Balaban J connectivity index is 1.99. The van der Waals surface area contributed by atoms with Crippen LogP contribution in [-0.4, -0.2) is 5.78 Å². The van der Waals surface area contributed by atoms with Crippen molar-refractivity contribution in [2.45, 2.75) is 71.1 Å². The van der Waals surface area contributed by atoms with Crippen molar-refractivity contribution in [3.05, 3.63) is 60.2 Å². The molecule has 0 bridgehead atoms. The second-order valence-electron chi connectivity index (χ2n) is 6.87. The fraction of sp³-hybridized carbons (Fsp3) is 0.458. The van der Waals surface area contributed by atoms with E-state index < -0.39 is 0 Å². The average Bonchev–Trinajstić information content (AvgIpc) is 2.66. The molecule has 0 atom stereocenters. The third-order valence-electron chi connectivity index (χ3n) is 4.46. The first kappa shape index (κ1) is 22.8. The number of hydrogen-bond donors (Lipinski definition) is 2. The summed E-state index contributed by atoms with van der Waals surface area (Å²) >= 11 is 0. The summed E-state index contributed by atoms with van der Waals surface area (Å²) in [7, 11) is 0. The minimum absolute atomic E-state index is 0.155. The van der Waals surface area contributed by atoms with Crippen molar-refractivity contribution in [2.75, 3.05) is 11.5 Å². The highest BCUT2D eigenvalue weighted by atomic mass is 16.1. The van der Waals surface area contributed by atoms with Crippen LogP contribution in [0.25, 0.3) is 0 Å². The lowest BCUT2D eigenvalue weighted by Gasteiger charge is -2.04. The number of Topliss-reactive ketones (excluding diaryl/α,β-unsaturated/α-hetero) is 1. The molecule has 0 heterocycles. The van der Waals surface area contributed by atoms with Gasteiger partial charge < -0.3 is 11.5 Å². The van der Waals surface area contributed by atoms with Crippen molar-refractivity contribution in [1.82, 2.24) is 0 Å². The van der Waals surface area contributed by atoms with Crippen LogP contribution >= 0.6 is 0 Å². The second kappa shape index (κ2) is 14.8. The maximum Gasteiger partial charge on any atom is 0.162 e. The molecular formula is C24H36N2O. The van der Waals surface area contributed by atoms with Gasteiger partial charge in [0, 0.05) is 12.0 Å². The van der Waals surface area contributed by atoms with Gasteiger partial charge in [-0.15, -0.1) is 0 Å². The molecule has 148 valence electrons. The Morgan fingerprint density at radius 1 is 0.815 bits per heavy atom. The summed E-state index contributed by atoms with van der Waals surface area (Å²) in [4.78, 5) is 12.1. The summed E-state index contributed by atoms with van der Waals surface area (Å²) in [6.45, 7) is 2.15. The van der Waals surface area contributed by atoms with Gasteiger partial charge in [-0.3, -0.25) is 4.79 Å². The van der Waals surface area contributed by atoms with E-state index in [-0.39, 0.29) is 5.78 Å². The molecule has 0 aliphatic heterocycles. The Hall–Kier alpha value is -2.29. The Bertz CT molecular complexity index is 629. The molecule has 0 radical (unpaired) electrons. The number of allylic oxidation sites excluding steroid dienone is 6. The molecule has 0 unspecified atom stereocenters. The van der Waals surface area contributed by atoms with E-state index in [4.69, 9.17) is 11.5 Å². The van der Waals surface area contributed by atoms with Gasteiger partial charge in [0.1, 0.15) is 0 Å². The van der Waals surface area contributed by atoms with Crippen molar-refractivity contribution in [1.29, 1.82) is 0 Å². The van der Waals surface area contributed by atoms with Gasteiger partial charge in [0.2, 0.25) is 0 Å². The quantitative estimate of drug-likeness (QED) is 0.168. The van der Waals surface area contributed by atoms with E-state index in [1.807, 2.05) is 0 Å². The number of unbranched alkanes of at least 4 members (excludes halogenated alkanes) is 5. The van der Waals surface area contributed by atoms with E-state index in [9.17, 15) is 4.79 Å². The van der Waals surface area contributed by atoms with Crippen LogP contribution in [0.3, 0.4) is 0 Å². The fourth-order valence-electron chi connectivity index (χ4n) is 2.80. The predicted molar refractivity (Wildman–Crippen MR) is 119 cm³/mol. The summed E-state index contributed by atoms with van der Waals surface area (Å²) in [6.07, 6.45) is 24.0. The molecule has 3 nitrogen and oxygen atoms in total. The number of hydrogen-bond acceptors (Lipinski definition) is 3. The molecule has 3 heteroatoms. The predicted octanol–water partition coefficient (Wildman–Crippen LogP) is 6.62. The van der Waals surface area contributed by atoms with Gasteiger partial charge in [0.05, 0.1) is 11.4 Å². The minimum Gasteiger partial charge on any atom is -0.397 e. The van der Waals surface area contributed by atoms with Gasteiger partial charge in [-0.25, -0.2) is 0 Å². The van der Waals surface area contributed by atoms with Crippen LogP contribution in [0.5, 0.6) is 0 Å². The lowest BCUT2D eigenvalue weighted by Crippen LogP contribution is -2.02. The van der Waals surface area contributed by atoms with Crippen LogP contribution in [0, 0.1) is 0 Å². The Labute approximate surface area is 165 Å². The first-order valence-corrected chi connectivity index (χ1v) is 10.3. The molecule has 0 amide bonds. The summed E-state index contributed by atoms with van der Waals surface area (Å²) in [5.74, 6) is 0.155. The number of nitrogen functional groups attached to an aromatic ring is 2. The highest BCUT2D eigenvalue weighted by Gasteiger charge is 2.07. The largest absolute Gasteiger partial charge is 0.397 e. The first-order chi connectivity index (χ1) is 13.1. The number of carbonyl (C=O) groups excluding carboxylic acids is 1. The van der Waals surface area contributed by atoms with Gasteiger partial charge in [-0.2, -0.15) is 0 Å². The van der Waals surface area contributed by atoms with E-state index in [2.05, 4.69) is 43.4 Å². The molecule has 1 aromatic rings. The first-order valence-electron chi connectivity index (χ1n) is 10.3. The number of ketones is 1. The van der Waals surface area contributed by atoms with Gasteiger partial charge in [-0.1, -0.05) is 62.6 Å². The number of rotatable bonds is 14. The van der Waals surface area contributed by atoms with Crippen molar-refractivity contribution >= 4 is 17.2 Å². The number of benzene rings is 1. The molecule has 0 aromatic heterocycles. The maximum atomic E-state index is 12.1. The van der Waals surface area contributed by atoms with E-state index in [1.165, 1.54) is 19.3 Å². The molecular weight excluding hydrogens is 332 g/mol. The molecule has 0 aliphatic rings. The third-order valence-corrected chi connectivity index (χ3v) is 4.46. The Morgan fingerprint density at radius 3 is 2.15 bits per heavy atom. The third kappa shape index (κ3) is 11.1. The molecule has 4 N–H and O–H groups in total. The standard InChI is InChI=1S/C24H36N2O/c1-2-3-4-5-6-7-8-9-10-11-12-13-14-15-16-17-24(27)21-18-19-22(25)23(26)20-21/h3-4,6-7,9-10,18-20H,2,5,8,11-17,25-26H2,1H3/b4-3-,7-6-,10-9-. The minimum atomic E-state index is 0.155. The summed E-state index contributed by atoms with van der Waals surface area (Å²) in [5, 5.41) is 0.